The van der Waals surface area contributed by atoms with Crippen molar-refractivity contribution in [1.82, 2.24) is 35.6 Å². The third-order valence-electron chi connectivity index (χ3n) is 11.0. The van der Waals surface area contributed by atoms with E-state index in [1.165, 1.54) is 36.6 Å². The maximum atomic E-state index is 13.6. The molecule has 2 atom stereocenters. The van der Waals surface area contributed by atoms with Gasteiger partial charge in [-0.1, -0.05) is 29.8 Å². The van der Waals surface area contributed by atoms with Crippen molar-refractivity contribution in [3.8, 4) is 10.8 Å². The number of piperidine rings is 1. The molecule has 0 aliphatic carbocycles. The number of halogens is 1. The van der Waals surface area contributed by atoms with Crippen LogP contribution in [0, 0.1) is 13.8 Å². The van der Waals surface area contributed by atoms with Crippen molar-refractivity contribution >= 4 is 70.1 Å². The van der Waals surface area contributed by atoms with E-state index in [-0.39, 0.29) is 42.0 Å². The smallest absolute Gasteiger partial charge is 0.308 e. The molecule has 1 saturated heterocycles. The van der Waals surface area contributed by atoms with Crippen molar-refractivity contribution in [2.75, 3.05) is 66.4 Å². The number of hydrogen-bond donors (Lipinski definition) is 3. The number of fused-ring (bicyclic) bond motifs is 4. The fraction of sp³-hybridized carbons (Fsp3) is 0.422. The maximum absolute atomic E-state index is 13.6. The van der Waals surface area contributed by atoms with Gasteiger partial charge < -0.3 is 34.3 Å². The maximum Gasteiger partial charge on any atom is 0.308 e. The molecule has 0 bridgehead atoms. The van der Waals surface area contributed by atoms with Crippen LogP contribution in [0.15, 0.2) is 47.5 Å². The Morgan fingerprint density at radius 1 is 0.866 bits per heavy atom. The third-order valence-corrected chi connectivity index (χ3v) is 12.5. The highest BCUT2D eigenvalue weighted by Crippen LogP contribution is 2.40. The molecule has 0 radical (unpaired) electrons. The zero-order valence-corrected chi connectivity index (χ0v) is 38.6. The van der Waals surface area contributed by atoms with Crippen LogP contribution in [0.25, 0.3) is 5.00 Å². The predicted octanol–water partition coefficient (Wildman–Crippen LogP) is 3.21. The molecule has 354 valence electrons. The Hall–Kier alpha value is -6.39. The summed E-state index contributed by atoms with van der Waals surface area (Å²) in [5, 5.41) is 17.8. The normalized spacial score (nSPS) is 16.4. The molecule has 5 heterocycles. The monoisotopic (exact) mass is 960 g/mol. The van der Waals surface area contributed by atoms with Crippen LogP contribution in [0.3, 0.4) is 0 Å². The Kier molecular flexibility index (Phi) is 16.2. The summed E-state index contributed by atoms with van der Waals surface area (Å²) in [6, 6.07) is 9.87. The number of thiophene rings is 1. The number of imide groups is 2. The molecule has 0 saturated carbocycles. The van der Waals surface area contributed by atoms with E-state index in [2.05, 4.69) is 26.1 Å². The highest BCUT2D eigenvalue weighted by atomic mass is 35.5. The van der Waals surface area contributed by atoms with Gasteiger partial charge in [0.15, 0.2) is 12.4 Å². The van der Waals surface area contributed by atoms with E-state index < -0.39 is 54.2 Å². The largest absolute Gasteiger partial charge is 0.483 e. The van der Waals surface area contributed by atoms with Gasteiger partial charge in [-0.2, -0.15) is 0 Å². The van der Waals surface area contributed by atoms with Gasteiger partial charge in [0.2, 0.25) is 11.8 Å². The van der Waals surface area contributed by atoms with Crippen molar-refractivity contribution in [3.05, 3.63) is 91.8 Å². The minimum absolute atomic E-state index is 0.00120. The summed E-state index contributed by atoms with van der Waals surface area (Å²) >= 11 is 7.52. The average molecular weight is 961 g/mol. The van der Waals surface area contributed by atoms with Crippen LogP contribution >= 0.6 is 22.9 Å². The van der Waals surface area contributed by atoms with Gasteiger partial charge in [-0.3, -0.25) is 53.3 Å². The number of nitrogens with one attached hydrogen (secondary N) is 3. The number of ether oxygens (including phenoxy) is 5. The zero-order chi connectivity index (χ0) is 47.6. The van der Waals surface area contributed by atoms with E-state index in [9.17, 15) is 33.6 Å². The lowest BCUT2D eigenvalue weighted by molar-refractivity contribution is -0.141. The first-order valence-corrected chi connectivity index (χ1v) is 22.8. The number of esters is 1. The van der Waals surface area contributed by atoms with Crippen LogP contribution in [-0.2, 0) is 38.1 Å². The van der Waals surface area contributed by atoms with E-state index in [0.717, 1.165) is 26.6 Å². The number of nitrogens with zero attached hydrogens (tertiary/aromatic N) is 5. The fourth-order valence-electron chi connectivity index (χ4n) is 7.68. The molecule has 1 unspecified atom stereocenters. The molecule has 3 aliphatic heterocycles. The second kappa shape index (κ2) is 22.4. The molecule has 3 aliphatic rings. The molecular weight excluding hydrogens is 912 g/mol. The molecule has 0 spiro atoms. The summed E-state index contributed by atoms with van der Waals surface area (Å²) in [5.74, 6) is -2.60. The molecule has 67 heavy (non-hydrogen) atoms. The Morgan fingerprint density at radius 2 is 1.55 bits per heavy atom. The number of amides is 6. The fourth-order valence-corrected chi connectivity index (χ4v) is 9.09. The van der Waals surface area contributed by atoms with Crippen molar-refractivity contribution in [2.24, 2.45) is 4.99 Å². The first-order valence-electron chi connectivity index (χ1n) is 21.6. The molecular formula is C45H49ClN8O12S. The standard InChI is InChI=1S/C45H49ClN8O12S/c1-25-36-38(27-9-11-28(46)12-10-27)49-30(23-35(57)62-3)40-52-51-26(2)53(40)45(36)67-39(25)42(59)48-16-6-18-64-20-22-65-21-19-63-17-5-15-47-34(56)24-66-32-8-4-7-29-37(32)44(61)54(43(29)60)31-13-14-33(55)50-41(31)58/h4,7-12,30-31H,5-6,13-24H2,1-3H3,(H,47,56)(H,48,59)(H,50,55,58)/t30-,31?/m0/s1. The van der Waals surface area contributed by atoms with Crippen molar-refractivity contribution < 1.29 is 57.2 Å². The SMILES string of the molecule is COC(=O)C[C@@H]1N=C(c2ccc(Cl)cc2)c2c(sc(C(=O)NCCCOCCOCCOCCCNC(=O)COc3cccc4c3C(=O)N(C3CCC(=O)NC3=O)C4=O)c2C)-n2c(C)nnc21. The molecule has 2 aromatic carbocycles. The summed E-state index contributed by atoms with van der Waals surface area (Å²) in [6.45, 7) is 6.15. The van der Waals surface area contributed by atoms with Crippen LogP contribution in [0.4, 0.5) is 0 Å². The van der Waals surface area contributed by atoms with Gasteiger partial charge in [-0.15, -0.1) is 21.5 Å². The number of aromatic nitrogens is 3. The quantitative estimate of drug-likeness (QED) is 0.0582. The van der Waals surface area contributed by atoms with E-state index in [1.54, 1.807) is 12.1 Å². The molecule has 3 N–H and O–H groups in total. The van der Waals surface area contributed by atoms with Gasteiger partial charge in [0, 0.05) is 48.9 Å². The number of rotatable bonds is 22. The van der Waals surface area contributed by atoms with Gasteiger partial charge in [0.1, 0.15) is 28.7 Å². The predicted molar refractivity (Wildman–Crippen MR) is 241 cm³/mol. The highest BCUT2D eigenvalue weighted by molar-refractivity contribution is 7.17. The summed E-state index contributed by atoms with van der Waals surface area (Å²) in [7, 11) is 1.32. The van der Waals surface area contributed by atoms with Gasteiger partial charge >= 0.3 is 5.97 Å². The van der Waals surface area contributed by atoms with E-state index in [4.69, 9.17) is 40.3 Å². The highest BCUT2D eigenvalue weighted by Gasteiger charge is 2.46. The number of aliphatic imine (C=N–C) groups is 1. The van der Waals surface area contributed by atoms with Crippen LogP contribution in [-0.4, -0.2) is 139 Å². The summed E-state index contributed by atoms with van der Waals surface area (Å²) in [6.07, 6.45) is 1.08. The second-order valence-electron chi connectivity index (χ2n) is 15.5. The van der Waals surface area contributed by atoms with Crippen LogP contribution in [0.5, 0.6) is 5.75 Å². The lowest BCUT2D eigenvalue weighted by Gasteiger charge is -2.27. The minimum atomic E-state index is -1.11. The summed E-state index contributed by atoms with van der Waals surface area (Å²) < 4.78 is 29.3. The van der Waals surface area contributed by atoms with Crippen LogP contribution < -0.4 is 20.7 Å². The second-order valence-corrected chi connectivity index (χ2v) is 17.0. The summed E-state index contributed by atoms with van der Waals surface area (Å²) in [5.41, 5.74) is 2.86. The first-order chi connectivity index (χ1) is 32.4. The Morgan fingerprint density at radius 3 is 2.24 bits per heavy atom. The topological polar surface area (TPSA) is 248 Å². The van der Waals surface area contributed by atoms with E-state index in [1.807, 2.05) is 30.5 Å². The zero-order valence-electron chi connectivity index (χ0n) is 37.0. The summed E-state index contributed by atoms with van der Waals surface area (Å²) in [4.78, 5) is 95.0. The van der Waals surface area contributed by atoms with Gasteiger partial charge in [0.05, 0.1) is 61.7 Å². The van der Waals surface area contributed by atoms with Crippen molar-refractivity contribution in [3.63, 3.8) is 0 Å². The van der Waals surface area contributed by atoms with Gasteiger partial charge in [0.25, 0.3) is 23.6 Å². The number of aryl methyl sites for hydroxylation is 1. The van der Waals surface area contributed by atoms with E-state index in [0.29, 0.717) is 92.8 Å². The lowest BCUT2D eigenvalue weighted by Crippen LogP contribution is -2.54. The molecule has 1 fully saturated rings. The van der Waals surface area contributed by atoms with Crippen molar-refractivity contribution in [1.29, 1.82) is 0 Å². The molecule has 22 heteroatoms. The first kappa shape index (κ1) is 48.5. The number of carbonyl (C=O) groups excluding carboxylic acids is 7. The molecule has 7 rings (SSSR count). The van der Waals surface area contributed by atoms with Crippen LogP contribution in [0.1, 0.15) is 96.9 Å². The van der Waals surface area contributed by atoms with Gasteiger partial charge in [-0.05, 0) is 62.9 Å². The van der Waals surface area contributed by atoms with Crippen LogP contribution in [0.2, 0.25) is 5.02 Å². The minimum Gasteiger partial charge on any atom is -0.483 e. The number of carbonyl (C=O) groups is 7. The van der Waals surface area contributed by atoms with Crippen molar-refractivity contribution in [2.45, 2.75) is 58.0 Å². The average Bonchev–Trinajstić information content (AvgIpc) is 3.91. The lowest BCUT2D eigenvalue weighted by atomic mass is 9.99. The molecule has 6 amide bonds. The van der Waals surface area contributed by atoms with Gasteiger partial charge in [-0.25, -0.2) is 0 Å². The molecule has 2 aromatic heterocycles. The Labute approximate surface area is 393 Å². The Balaban J connectivity index is 0.761. The molecule has 20 nitrogen and oxygen atoms in total. The number of methoxy groups -OCH3 is 1. The number of benzene rings is 2. The number of hydrogen-bond acceptors (Lipinski definition) is 16. The third kappa shape index (κ3) is 11.3. The Bertz CT molecular complexity index is 2580. The molecule has 4 aromatic rings. The van der Waals surface area contributed by atoms with E-state index >= 15 is 0 Å².